The fourth-order valence-corrected chi connectivity index (χ4v) is 4.95. The molecule has 1 aromatic carbocycles. The highest BCUT2D eigenvalue weighted by molar-refractivity contribution is 7.80. The maximum absolute atomic E-state index is 5.82. The molecule has 0 amide bonds. The number of aromatic nitrogens is 3. The van der Waals surface area contributed by atoms with Crippen LogP contribution in [0, 0.1) is 13.8 Å². The summed E-state index contributed by atoms with van der Waals surface area (Å²) >= 11 is 5.82. The van der Waals surface area contributed by atoms with Gasteiger partial charge in [0.25, 0.3) is 0 Å². The van der Waals surface area contributed by atoms with Crippen LogP contribution in [0.5, 0.6) is 0 Å². The molecule has 1 fully saturated rings. The van der Waals surface area contributed by atoms with Gasteiger partial charge >= 0.3 is 0 Å². The summed E-state index contributed by atoms with van der Waals surface area (Å²) in [6.45, 7) is 4.98. The first-order valence-electron chi connectivity index (χ1n) is 10.8. The van der Waals surface area contributed by atoms with E-state index in [4.69, 9.17) is 12.2 Å². The van der Waals surface area contributed by atoms with Gasteiger partial charge in [-0.3, -0.25) is 9.97 Å². The molecular formula is C26H25N5S. The number of hydrogen-bond donors (Lipinski definition) is 1. The molecule has 0 radical (unpaired) electrons. The van der Waals surface area contributed by atoms with Gasteiger partial charge in [0.2, 0.25) is 0 Å². The van der Waals surface area contributed by atoms with Gasteiger partial charge in [0.15, 0.2) is 5.11 Å². The van der Waals surface area contributed by atoms with E-state index in [9.17, 15) is 0 Å². The zero-order valence-corrected chi connectivity index (χ0v) is 19.0. The van der Waals surface area contributed by atoms with E-state index >= 15 is 0 Å². The van der Waals surface area contributed by atoms with E-state index in [1.807, 2.05) is 48.8 Å². The van der Waals surface area contributed by atoms with E-state index in [2.05, 4.69) is 75.0 Å². The van der Waals surface area contributed by atoms with Crippen LogP contribution in [0.3, 0.4) is 0 Å². The summed E-state index contributed by atoms with van der Waals surface area (Å²) in [5, 5.41) is 4.27. The quantitative estimate of drug-likeness (QED) is 0.441. The lowest BCUT2D eigenvalue weighted by Crippen LogP contribution is -2.29. The lowest BCUT2D eigenvalue weighted by Gasteiger charge is -2.28. The minimum Gasteiger partial charge on any atom is -0.352 e. The molecule has 1 N–H and O–H groups in total. The minimum absolute atomic E-state index is 0.00284. The van der Waals surface area contributed by atoms with Crippen molar-refractivity contribution in [3.05, 3.63) is 114 Å². The predicted molar refractivity (Wildman–Crippen MR) is 130 cm³/mol. The van der Waals surface area contributed by atoms with Gasteiger partial charge in [-0.2, -0.15) is 0 Å². The Morgan fingerprint density at radius 3 is 2.31 bits per heavy atom. The molecule has 2 unspecified atom stereocenters. The minimum atomic E-state index is -0.0443. The maximum Gasteiger partial charge on any atom is 0.170 e. The summed E-state index contributed by atoms with van der Waals surface area (Å²) in [5.41, 5.74) is 6.77. The average Bonchev–Trinajstić information content (AvgIpc) is 3.30. The number of aryl methyl sites for hydroxylation is 1. The van der Waals surface area contributed by atoms with Crippen molar-refractivity contribution in [3.63, 3.8) is 0 Å². The van der Waals surface area contributed by atoms with Crippen LogP contribution in [0.1, 0.15) is 40.4 Å². The number of pyridine rings is 2. The van der Waals surface area contributed by atoms with Gasteiger partial charge in [0, 0.05) is 29.5 Å². The molecule has 5 rings (SSSR count). The van der Waals surface area contributed by atoms with E-state index in [1.165, 1.54) is 17.0 Å². The van der Waals surface area contributed by atoms with Crippen molar-refractivity contribution in [2.24, 2.45) is 0 Å². The van der Waals surface area contributed by atoms with Crippen LogP contribution in [0.2, 0.25) is 0 Å². The second kappa shape index (κ2) is 8.55. The summed E-state index contributed by atoms with van der Waals surface area (Å²) < 4.78 is 2.31. The second-order valence-electron chi connectivity index (χ2n) is 8.07. The Bertz CT molecular complexity index is 1220. The Morgan fingerprint density at radius 1 is 0.906 bits per heavy atom. The third kappa shape index (κ3) is 3.67. The molecule has 6 heteroatoms. The Balaban J connectivity index is 1.62. The number of nitrogens with one attached hydrogen (secondary N) is 1. The standard InChI is InChI=1S/C26H25N5S/c1-18-16-22(19(2)31(18)21-11-4-3-5-12-21)25-24(23-13-7-9-15-28-23)29-26(32)30(25)17-20-10-6-8-14-27-20/h3-16,24-25H,17H2,1-2H3,(H,29,32). The van der Waals surface area contributed by atoms with Crippen LogP contribution in [0.25, 0.3) is 5.69 Å². The molecule has 4 heterocycles. The maximum atomic E-state index is 5.82. The Morgan fingerprint density at radius 2 is 1.62 bits per heavy atom. The van der Waals surface area contributed by atoms with Crippen LogP contribution in [-0.2, 0) is 6.54 Å². The summed E-state index contributed by atoms with van der Waals surface area (Å²) in [7, 11) is 0. The first-order chi connectivity index (χ1) is 15.6. The highest BCUT2D eigenvalue weighted by Gasteiger charge is 2.41. The smallest absolute Gasteiger partial charge is 0.170 e. The van der Waals surface area contributed by atoms with Gasteiger partial charge < -0.3 is 14.8 Å². The lowest BCUT2D eigenvalue weighted by molar-refractivity contribution is 0.307. The predicted octanol–water partition coefficient (Wildman–Crippen LogP) is 5.06. The van der Waals surface area contributed by atoms with Crippen molar-refractivity contribution in [1.29, 1.82) is 0 Å². The van der Waals surface area contributed by atoms with Gasteiger partial charge in [-0.25, -0.2) is 0 Å². The fraction of sp³-hybridized carbons (Fsp3) is 0.192. The number of nitrogens with zero attached hydrogens (tertiary/aromatic N) is 4. The molecule has 160 valence electrons. The molecule has 0 bridgehead atoms. The molecule has 4 aromatic rings. The third-order valence-corrected chi connectivity index (χ3v) is 6.41. The van der Waals surface area contributed by atoms with Crippen LogP contribution in [-0.4, -0.2) is 24.5 Å². The first kappa shape index (κ1) is 20.4. The van der Waals surface area contributed by atoms with Crippen LogP contribution in [0.15, 0.2) is 85.2 Å². The fourth-order valence-electron chi connectivity index (χ4n) is 4.64. The van der Waals surface area contributed by atoms with Crippen molar-refractivity contribution in [2.45, 2.75) is 32.5 Å². The van der Waals surface area contributed by atoms with Crippen molar-refractivity contribution >= 4 is 17.3 Å². The van der Waals surface area contributed by atoms with Crippen molar-refractivity contribution in [2.75, 3.05) is 0 Å². The topological polar surface area (TPSA) is 46.0 Å². The summed E-state index contributed by atoms with van der Waals surface area (Å²) in [5.74, 6) is 0. The largest absolute Gasteiger partial charge is 0.352 e. The number of hydrogen-bond acceptors (Lipinski definition) is 3. The van der Waals surface area contributed by atoms with E-state index < -0.39 is 0 Å². The summed E-state index contributed by atoms with van der Waals surface area (Å²) in [6, 6.07) is 24.7. The molecule has 2 atom stereocenters. The first-order valence-corrected chi connectivity index (χ1v) is 11.2. The normalized spacial score (nSPS) is 18.1. The molecule has 1 aliphatic rings. The number of benzene rings is 1. The third-order valence-electron chi connectivity index (χ3n) is 6.06. The Hall–Kier alpha value is -3.51. The molecule has 0 aliphatic carbocycles. The van der Waals surface area contributed by atoms with E-state index in [0.717, 1.165) is 22.2 Å². The molecule has 1 aliphatic heterocycles. The molecule has 1 saturated heterocycles. The Kier molecular flexibility index (Phi) is 5.45. The molecular weight excluding hydrogens is 414 g/mol. The summed E-state index contributed by atoms with van der Waals surface area (Å²) in [4.78, 5) is 11.4. The molecule has 0 saturated carbocycles. The molecule has 5 nitrogen and oxygen atoms in total. The number of thiocarbonyl (C=S) groups is 1. The highest BCUT2D eigenvalue weighted by Crippen LogP contribution is 2.42. The van der Waals surface area contributed by atoms with Crippen LogP contribution in [0.4, 0.5) is 0 Å². The lowest BCUT2D eigenvalue weighted by atomic mass is 9.96. The van der Waals surface area contributed by atoms with Crippen molar-refractivity contribution in [1.82, 2.24) is 24.8 Å². The number of rotatable bonds is 5. The van der Waals surface area contributed by atoms with Gasteiger partial charge in [-0.05, 0) is 74.1 Å². The highest BCUT2D eigenvalue weighted by atomic mass is 32.1. The molecule has 0 spiro atoms. The SMILES string of the molecule is Cc1cc(C2C(c3ccccn3)NC(=S)N2Cc2ccccn2)c(C)n1-c1ccccc1. The molecule has 3 aromatic heterocycles. The molecule has 32 heavy (non-hydrogen) atoms. The Labute approximate surface area is 193 Å². The average molecular weight is 440 g/mol. The van der Waals surface area contributed by atoms with Crippen molar-refractivity contribution in [3.8, 4) is 5.69 Å². The van der Waals surface area contributed by atoms with Gasteiger partial charge in [0.05, 0.1) is 30.0 Å². The van der Waals surface area contributed by atoms with Gasteiger partial charge in [-0.1, -0.05) is 30.3 Å². The zero-order valence-electron chi connectivity index (χ0n) is 18.1. The van der Waals surface area contributed by atoms with Crippen molar-refractivity contribution < 1.29 is 0 Å². The van der Waals surface area contributed by atoms with Crippen LogP contribution < -0.4 is 5.32 Å². The van der Waals surface area contributed by atoms with Crippen LogP contribution >= 0.6 is 12.2 Å². The summed E-state index contributed by atoms with van der Waals surface area (Å²) in [6.07, 6.45) is 3.67. The van der Waals surface area contributed by atoms with E-state index in [1.54, 1.807) is 0 Å². The monoisotopic (exact) mass is 439 g/mol. The second-order valence-corrected chi connectivity index (χ2v) is 8.46. The van der Waals surface area contributed by atoms with Gasteiger partial charge in [0.1, 0.15) is 0 Å². The van der Waals surface area contributed by atoms with Gasteiger partial charge in [-0.15, -0.1) is 0 Å². The number of para-hydroxylation sites is 1. The van der Waals surface area contributed by atoms with E-state index in [0.29, 0.717) is 6.54 Å². The zero-order chi connectivity index (χ0) is 22.1. The van der Waals surface area contributed by atoms with E-state index in [-0.39, 0.29) is 12.1 Å².